The van der Waals surface area contributed by atoms with E-state index in [1.165, 1.54) is 17.4 Å². The Morgan fingerprint density at radius 1 is 1.19 bits per heavy atom. The van der Waals surface area contributed by atoms with Gasteiger partial charge in [-0.25, -0.2) is 4.39 Å². The summed E-state index contributed by atoms with van der Waals surface area (Å²) in [5.74, 6) is 0.539. The van der Waals surface area contributed by atoms with E-state index in [0.717, 1.165) is 40.5 Å². The summed E-state index contributed by atoms with van der Waals surface area (Å²) in [6.07, 6.45) is 2.60. The van der Waals surface area contributed by atoms with E-state index in [9.17, 15) is 9.18 Å². The molecular weight excluding hydrogens is 425 g/mol. The number of hydrogen-bond acceptors (Lipinski definition) is 4. The number of thiophene rings is 1. The lowest BCUT2D eigenvalue weighted by Gasteiger charge is -2.25. The molecule has 0 aliphatic carbocycles. The zero-order chi connectivity index (χ0) is 22.3. The second kappa shape index (κ2) is 10.7. The van der Waals surface area contributed by atoms with Gasteiger partial charge in [0.1, 0.15) is 11.6 Å². The maximum atomic E-state index is 13.8. The number of aryl methyl sites for hydroxylation is 1. The van der Waals surface area contributed by atoms with Crippen LogP contribution in [0.4, 0.5) is 4.39 Å². The number of rotatable bonds is 9. The molecule has 1 saturated heterocycles. The summed E-state index contributed by atoms with van der Waals surface area (Å²) in [6.45, 7) is 4.22. The summed E-state index contributed by atoms with van der Waals surface area (Å²) in [7, 11) is 0. The first-order valence-corrected chi connectivity index (χ1v) is 11.8. The van der Waals surface area contributed by atoms with Crippen molar-refractivity contribution in [2.45, 2.75) is 38.8 Å². The molecule has 1 unspecified atom stereocenters. The van der Waals surface area contributed by atoms with Crippen molar-refractivity contribution in [3.8, 4) is 5.75 Å². The highest BCUT2D eigenvalue weighted by Gasteiger charge is 2.24. The standard InChI is InChI=1S/C26H28FNO3S/c1-19-11-12-25(32-19)26(29)28(18-23-9-5-14-30-23)17-20-6-4-8-22(16-20)31-15-13-21-7-2-3-10-24(21)27/h2-4,6-8,10-12,16,23H,5,9,13-15,17-18H2,1H3. The van der Waals surface area contributed by atoms with Crippen LogP contribution in [-0.2, 0) is 17.7 Å². The fourth-order valence-corrected chi connectivity index (χ4v) is 4.73. The number of nitrogens with zero attached hydrogens (tertiary/aromatic N) is 1. The Kier molecular flexibility index (Phi) is 7.55. The molecule has 2 heterocycles. The van der Waals surface area contributed by atoms with Gasteiger partial charge in [-0.05, 0) is 61.2 Å². The van der Waals surface area contributed by atoms with Gasteiger partial charge in [0, 0.05) is 31.0 Å². The van der Waals surface area contributed by atoms with E-state index in [1.54, 1.807) is 12.1 Å². The fourth-order valence-electron chi connectivity index (χ4n) is 3.89. The van der Waals surface area contributed by atoms with Crippen molar-refractivity contribution in [2.24, 2.45) is 0 Å². The second-order valence-corrected chi connectivity index (χ2v) is 9.36. The van der Waals surface area contributed by atoms with Crippen molar-refractivity contribution < 1.29 is 18.7 Å². The van der Waals surface area contributed by atoms with Crippen LogP contribution in [0.5, 0.6) is 5.75 Å². The molecule has 4 nitrogen and oxygen atoms in total. The monoisotopic (exact) mass is 453 g/mol. The van der Waals surface area contributed by atoms with Gasteiger partial charge < -0.3 is 14.4 Å². The smallest absolute Gasteiger partial charge is 0.264 e. The molecule has 2 aromatic carbocycles. The molecule has 4 rings (SSSR count). The van der Waals surface area contributed by atoms with Gasteiger partial charge in [0.15, 0.2) is 0 Å². The van der Waals surface area contributed by atoms with Crippen molar-refractivity contribution in [3.63, 3.8) is 0 Å². The summed E-state index contributed by atoms with van der Waals surface area (Å²) in [5.41, 5.74) is 1.64. The molecule has 1 aromatic heterocycles. The van der Waals surface area contributed by atoms with Crippen molar-refractivity contribution in [2.75, 3.05) is 19.8 Å². The van der Waals surface area contributed by atoms with Gasteiger partial charge in [-0.1, -0.05) is 30.3 Å². The maximum Gasteiger partial charge on any atom is 0.264 e. The Labute approximate surface area is 192 Å². The molecular formula is C26H28FNO3S. The minimum Gasteiger partial charge on any atom is -0.493 e. The summed E-state index contributed by atoms with van der Waals surface area (Å²) >= 11 is 1.52. The van der Waals surface area contributed by atoms with Crippen molar-refractivity contribution in [1.82, 2.24) is 4.90 Å². The lowest BCUT2D eigenvalue weighted by atomic mass is 10.1. The molecule has 1 fully saturated rings. The summed E-state index contributed by atoms with van der Waals surface area (Å²) < 4.78 is 25.5. The molecule has 1 atom stereocenters. The highest BCUT2D eigenvalue weighted by atomic mass is 32.1. The molecule has 3 aromatic rings. The Bertz CT molecular complexity index is 1040. The number of halogens is 1. The number of benzene rings is 2. The first-order valence-electron chi connectivity index (χ1n) is 11.0. The van der Waals surface area contributed by atoms with Crippen molar-refractivity contribution in [3.05, 3.63) is 87.4 Å². The topological polar surface area (TPSA) is 38.8 Å². The number of carbonyl (C=O) groups excluding carboxylic acids is 1. The summed E-state index contributed by atoms with van der Waals surface area (Å²) in [6, 6.07) is 18.4. The molecule has 168 valence electrons. The Morgan fingerprint density at radius 2 is 2.06 bits per heavy atom. The van der Waals surface area contributed by atoms with Crippen molar-refractivity contribution >= 4 is 17.2 Å². The fraction of sp³-hybridized carbons (Fsp3) is 0.346. The van der Waals surface area contributed by atoms with Gasteiger partial charge in [0.05, 0.1) is 17.6 Å². The highest BCUT2D eigenvalue weighted by Crippen LogP contribution is 2.23. The van der Waals surface area contributed by atoms with Crippen LogP contribution in [0.2, 0.25) is 0 Å². The predicted molar refractivity (Wildman–Crippen MR) is 125 cm³/mol. The highest BCUT2D eigenvalue weighted by molar-refractivity contribution is 7.13. The Balaban J connectivity index is 1.42. The molecule has 32 heavy (non-hydrogen) atoms. The SMILES string of the molecule is Cc1ccc(C(=O)N(Cc2cccc(OCCc3ccccc3F)c2)CC2CCCO2)s1. The number of carbonyl (C=O) groups is 1. The van der Waals surface area contributed by atoms with E-state index >= 15 is 0 Å². The predicted octanol–water partition coefficient (Wildman–Crippen LogP) is 5.64. The molecule has 6 heteroatoms. The summed E-state index contributed by atoms with van der Waals surface area (Å²) in [5, 5.41) is 0. The van der Waals surface area contributed by atoms with Gasteiger partial charge in [-0.15, -0.1) is 11.3 Å². The van der Waals surface area contributed by atoms with Gasteiger partial charge in [-0.3, -0.25) is 4.79 Å². The van der Waals surface area contributed by atoms with Crippen LogP contribution >= 0.6 is 11.3 Å². The second-order valence-electron chi connectivity index (χ2n) is 8.07. The molecule has 0 N–H and O–H groups in total. The number of amides is 1. The van der Waals surface area contributed by atoms with Gasteiger partial charge in [-0.2, -0.15) is 0 Å². The molecule has 0 bridgehead atoms. The first-order chi connectivity index (χ1) is 15.6. The lowest BCUT2D eigenvalue weighted by molar-refractivity contribution is 0.0510. The van der Waals surface area contributed by atoms with Crippen LogP contribution in [0.3, 0.4) is 0 Å². The molecule has 0 saturated carbocycles. The van der Waals surface area contributed by atoms with Crippen LogP contribution in [-0.4, -0.2) is 36.7 Å². The third-order valence-electron chi connectivity index (χ3n) is 5.56. The van der Waals surface area contributed by atoms with Gasteiger partial charge in [0.2, 0.25) is 0 Å². The lowest BCUT2D eigenvalue weighted by Crippen LogP contribution is -2.36. The average Bonchev–Trinajstić information content (AvgIpc) is 3.46. The van der Waals surface area contributed by atoms with E-state index < -0.39 is 0 Å². The van der Waals surface area contributed by atoms with Crippen molar-refractivity contribution in [1.29, 1.82) is 0 Å². The zero-order valence-corrected chi connectivity index (χ0v) is 19.1. The van der Waals surface area contributed by atoms with Gasteiger partial charge >= 0.3 is 0 Å². The van der Waals surface area contributed by atoms with Gasteiger partial charge in [0.25, 0.3) is 5.91 Å². The average molecular weight is 454 g/mol. The Morgan fingerprint density at radius 3 is 2.81 bits per heavy atom. The molecule has 1 aliphatic heterocycles. The number of hydrogen-bond donors (Lipinski definition) is 0. The zero-order valence-electron chi connectivity index (χ0n) is 18.3. The quantitative estimate of drug-likeness (QED) is 0.421. The Hall–Kier alpha value is -2.70. The molecule has 0 radical (unpaired) electrons. The van der Waals surface area contributed by atoms with E-state index in [-0.39, 0.29) is 17.8 Å². The summed E-state index contributed by atoms with van der Waals surface area (Å²) in [4.78, 5) is 17.0. The van der Waals surface area contributed by atoms with E-state index in [4.69, 9.17) is 9.47 Å². The molecule has 1 aliphatic rings. The minimum absolute atomic E-state index is 0.0319. The third kappa shape index (κ3) is 5.96. The molecule has 1 amide bonds. The van der Waals surface area contributed by atoms with Crippen LogP contribution < -0.4 is 4.74 Å². The van der Waals surface area contributed by atoms with Crippen LogP contribution in [0.25, 0.3) is 0 Å². The first kappa shape index (κ1) is 22.5. The minimum atomic E-state index is -0.211. The van der Waals surface area contributed by atoms with Crippen LogP contribution in [0.1, 0.15) is 38.5 Å². The normalized spacial score (nSPS) is 15.6. The van der Waals surface area contributed by atoms with Crippen LogP contribution in [0.15, 0.2) is 60.7 Å². The van der Waals surface area contributed by atoms with Crippen LogP contribution in [0, 0.1) is 12.7 Å². The number of ether oxygens (including phenoxy) is 2. The third-order valence-corrected chi connectivity index (χ3v) is 6.54. The van der Waals surface area contributed by atoms with E-state index in [1.807, 2.05) is 54.3 Å². The van der Waals surface area contributed by atoms with E-state index in [0.29, 0.717) is 31.7 Å². The molecule has 0 spiro atoms. The van der Waals surface area contributed by atoms with E-state index in [2.05, 4.69) is 0 Å². The maximum absolute atomic E-state index is 13.8. The largest absolute Gasteiger partial charge is 0.493 e.